The number of benzene rings is 1. The third kappa shape index (κ3) is 4.20. The van der Waals surface area contributed by atoms with Crippen LogP contribution < -0.4 is 5.32 Å². The smallest absolute Gasteiger partial charge is 0.271 e. The van der Waals surface area contributed by atoms with Crippen LogP contribution in [0, 0.1) is 16.0 Å². The van der Waals surface area contributed by atoms with Gasteiger partial charge in [0, 0.05) is 25.2 Å². The zero-order valence-corrected chi connectivity index (χ0v) is 14.4. The van der Waals surface area contributed by atoms with Crippen LogP contribution in [0.25, 0.3) is 0 Å². The predicted molar refractivity (Wildman–Crippen MR) is 88.1 cm³/mol. The summed E-state index contributed by atoms with van der Waals surface area (Å²) in [5, 5.41) is 13.7. The molecule has 1 aliphatic rings. The molecule has 1 aromatic rings. The molecule has 0 radical (unpaired) electrons. The maximum atomic E-state index is 12.7. The van der Waals surface area contributed by atoms with Gasteiger partial charge >= 0.3 is 0 Å². The highest BCUT2D eigenvalue weighted by Gasteiger charge is 2.31. The predicted octanol–water partition coefficient (Wildman–Crippen LogP) is 2.26. The molecule has 9 heteroatoms. The van der Waals surface area contributed by atoms with Crippen molar-refractivity contribution in [3.8, 4) is 0 Å². The topological polar surface area (TPSA) is 92.6 Å². The Morgan fingerprint density at radius 3 is 2.57 bits per heavy atom. The molecule has 0 atom stereocenters. The van der Waals surface area contributed by atoms with Crippen LogP contribution in [-0.4, -0.2) is 44.3 Å². The highest BCUT2D eigenvalue weighted by Crippen LogP contribution is 2.31. The molecule has 1 aromatic carbocycles. The van der Waals surface area contributed by atoms with Crippen molar-refractivity contribution in [2.45, 2.75) is 24.2 Å². The fraction of sp³-hybridized carbons (Fsp3) is 0.571. The van der Waals surface area contributed by atoms with E-state index in [0.717, 1.165) is 31.9 Å². The minimum Gasteiger partial charge on any atom is -0.320 e. The summed E-state index contributed by atoms with van der Waals surface area (Å²) in [5.74, 6) is 0.515. The Morgan fingerprint density at radius 2 is 2.04 bits per heavy atom. The highest BCUT2D eigenvalue weighted by atomic mass is 35.5. The van der Waals surface area contributed by atoms with E-state index in [0.29, 0.717) is 19.0 Å². The molecular weight excluding hydrogens is 342 g/mol. The van der Waals surface area contributed by atoms with Crippen LogP contribution in [0.3, 0.4) is 0 Å². The van der Waals surface area contributed by atoms with E-state index in [9.17, 15) is 18.5 Å². The molecule has 1 saturated heterocycles. The summed E-state index contributed by atoms with van der Waals surface area (Å²) in [7, 11) is -1.82. The van der Waals surface area contributed by atoms with Crippen molar-refractivity contribution in [1.29, 1.82) is 0 Å². The molecule has 0 aromatic heterocycles. The van der Waals surface area contributed by atoms with E-state index in [1.807, 2.05) is 7.05 Å². The third-order valence-electron chi connectivity index (χ3n) is 4.12. The first-order chi connectivity index (χ1) is 10.9. The molecule has 23 heavy (non-hydrogen) atoms. The molecule has 7 nitrogen and oxygen atoms in total. The van der Waals surface area contributed by atoms with E-state index in [-0.39, 0.29) is 15.6 Å². The lowest BCUT2D eigenvalue weighted by Crippen LogP contribution is -2.39. The Balaban J connectivity index is 2.12. The quantitative estimate of drug-likeness (QED) is 0.619. The summed E-state index contributed by atoms with van der Waals surface area (Å²) < 4.78 is 26.8. The number of nitro groups is 1. The van der Waals surface area contributed by atoms with Crippen LogP contribution in [0.2, 0.25) is 5.02 Å². The maximum absolute atomic E-state index is 12.7. The van der Waals surface area contributed by atoms with Gasteiger partial charge in [-0.15, -0.1) is 0 Å². The molecule has 0 bridgehead atoms. The second-order valence-corrected chi connectivity index (χ2v) is 7.93. The Labute approximate surface area is 140 Å². The lowest BCUT2D eigenvalue weighted by atomic mass is 9.95. The SMILES string of the molecule is CNCCC1CCN(S(=O)(=O)c2ccc([N+](=O)[O-])cc2Cl)CC1. The number of piperidine rings is 1. The van der Waals surface area contributed by atoms with Gasteiger partial charge in [-0.25, -0.2) is 8.42 Å². The van der Waals surface area contributed by atoms with E-state index in [2.05, 4.69) is 5.32 Å². The van der Waals surface area contributed by atoms with Crippen molar-refractivity contribution in [2.75, 3.05) is 26.7 Å². The number of nitrogens with one attached hydrogen (secondary N) is 1. The van der Waals surface area contributed by atoms with Gasteiger partial charge in [-0.05, 0) is 44.8 Å². The van der Waals surface area contributed by atoms with Crippen LogP contribution >= 0.6 is 11.6 Å². The van der Waals surface area contributed by atoms with Gasteiger partial charge in [0.05, 0.1) is 9.95 Å². The van der Waals surface area contributed by atoms with E-state index >= 15 is 0 Å². The Hall–Kier alpha value is -1.22. The number of nitro benzene ring substituents is 1. The Morgan fingerprint density at radius 1 is 1.39 bits per heavy atom. The first-order valence-corrected chi connectivity index (χ1v) is 9.26. The number of non-ortho nitro benzene ring substituents is 1. The molecule has 128 valence electrons. The monoisotopic (exact) mass is 361 g/mol. The third-order valence-corrected chi connectivity index (χ3v) is 6.50. The van der Waals surface area contributed by atoms with Gasteiger partial charge in [-0.2, -0.15) is 4.31 Å². The lowest BCUT2D eigenvalue weighted by Gasteiger charge is -2.31. The molecule has 0 spiro atoms. The molecule has 0 amide bonds. The zero-order chi connectivity index (χ0) is 17.0. The fourth-order valence-electron chi connectivity index (χ4n) is 2.74. The van der Waals surface area contributed by atoms with Crippen LogP contribution in [0.1, 0.15) is 19.3 Å². The van der Waals surface area contributed by atoms with Crippen molar-refractivity contribution >= 4 is 27.3 Å². The van der Waals surface area contributed by atoms with Gasteiger partial charge < -0.3 is 5.32 Å². The summed E-state index contributed by atoms with van der Waals surface area (Å²) in [6, 6.07) is 3.45. The zero-order valence-electron chi connectivity index (χ0n) is 12.9. The molecule has 1 fully saturated rings. The number of rotatable bonds is 6. The van der Waals surface area contributed by atoms with Gasteiger partial charge in [-0.3, -0.25) is 10.1 Å². The highest BCUT2D eigenvalue weighted by molar-refractivity contribution is 7.89. The molecule has 2 rings (SSSR count). The van der Waals surface area contributed by atoms with E-state index < -0.39 is 14.9 Å². The number of sulfonamides is 1. The molecular formula is C14H20ClN3O4S. The molecule has 0 aliphatic carbocycles. The summed E-state index contributed by atoms with van der Waals surface area (Å²) in [4.78, 5) is 10.0. The van der Waals surface area contributed by atoms with Crippen LogP contribution in [0.15, 0.2) is 23.1 Å². The Bertz CT molecular complexity index is 673. The van der Waals surface area contributed by atoms with Crippen molar-refractivity contribution < 1.29 is 13.3 Å². The normalized spacial score (nSPS) is 17.3. The Kier molecular flexibility index (Phi) is 5.96. The molecule has 0 saturated carbocycles. The van der Waals surface area contributed by atoms with Crippen molar-refractivity contribution in [3.05, 3.63) is 33.3 Å². The van der Waals surface area contributed by atoms with E-state index in [1.165, 1.54) is 16.4 Å². The largest absolute Gasteiger partial charge is 0.320 e. The number of hydrogen-bond donors (Lipinski definition) is 1. The van der Waals surface area contributed by atoms with Crippen molar-refractivity contribution in [1.82, 2.24) is 9.62 Å². The number of hydrogen-bond acceptors (Lipinski definition) is 5. The van der Waals surface area contributed by atoms with Crippen LogP contribution in [-0.2, 0) is 10.0 Å². The minimum atomic E-state index is -3.72. The molecule has 0 unspecified atom stereocenters. The molecule has 1 N–H and O–H groups in total. The van der Waals surface area contributed by atoms with Gasteiger partial charge in [-0.1, -0.05) is 11.6 Å². The average Bonchev–Trinajstić information content (AvgIpc) is 2.52. The van der Waals surface area contributed by atoms with Gasteiger partial charge in [0.15, 0.2) is 0 Å². The number of nitrogens with zero attached hydrogens (tertiary/aromatic N) is 2. The van der Waals surface area contributed by atoms with E-state index in [4.69, 9.17) is 11.6 Å². The second kappa shape index (κ2) is 7.57. The van der Waals surface area contributed by atoms with Crippen LogP contribution in [0.5, 0.6) is 0 Å². The van der Waals surface area contributed by atoms with Gasteiger partial charge in [0.25, 0.3) is 5.69 Å². The van der Waals surface area contributed by atoms with Crippen molar-refractivity contribution in [2.24, 2.45) is 5.92 Å². The van der Waals surface area contributed by atoms with Crippen LogP contribution in [0.4, 0.5) is 5.69 Å². The second-order valence-electron chi connectivity index (χ2n) is 5.61. The summed E-state index contributed by atoms with van der Waals surface area (Å²) >= 11 is 5.96. The number of halogens is 1. The first kappa shape index (κ1) is 18.1. The standard InChI is InChI=1S/C14H20ClN3O4S/c1-16-7-4-11-5-8-17(9-6-11)23(21,22)14-3-2-12(18(19)20)10-13(14)15/h2-3,10-11,16H,4-9H2,1H3. The molecule has 1 aliphatic heterocycles. The average molecular weight is 362 g/mol. The first-order valence-electron chi connectivity index (χ1n) is 7.45. The van der Waals surface area contributed by atoms with E-state index in [1.54, 1.807) is 0 Å². The lowest BCUT2D eigenvalue weighted by molar-refractivity contribution is -0.384. The molecule has 1 heterocycles. The maximum Gasteiger partial charge on any atom is 0.271 e. The van der Waals surface area contributed by atoms with Gasteiger partial charge in [0.1, 0.15) is 4.90 Å². The van der Waals surface area contributed by atoms with Gasteiger partial charge in [0.2, 0.25) is 10.0 Å². The summed E-state index contributed by atoms with van der Waals surface area (Å²) in [6.45, 7) is 1.82. The summed E-state index contributed by atoms with van der Waals surface area (Å²) in [5.41, 5.74) is -0.222. The fourth-order valence-corrected chi connectivity index (χ4v) is 4.72. The minimum absolute atomic E-state index is 0.0709. The summed E-state index contributed by atoms with van der Waals surface area (Å²) in [6.07, 6.45) is 2.65. The van der Waals surface area contributed by atoms with Crippen molar-refractivity contribution in [3.63, 3.8) is 0 Å².